The molecule has 1 fully saturated rings. The van der Waals surface area contributed by atoms with E-state index in [1.165, 1.54) is 18.6 Å². The first-order valence-corrected chi connectivity index (χ1v) is 6.92. The van der Waals surface area contributed by atoms with Crippen molar-refractivity contribution in [3.05, 3.63) is 18.2 Å². The van der Waals surface area contributed by atoms with Gasteiger partial charge in [0, 0.05) is 12.4 Å². The predicted molar refractivity (Wildman–Crippen MR) is 64.8 cm³/mol. The van der Waals surface area contributed by atoms with Crippen LogP contribution in [0.2, 0.25) is 0 Å². The van der Waals surface area contributed by atoms with Gasteiger partial charge in [-0.05, 0) is 43.6 Å². The van der Waals surface area contributed by atoms with Gasteiger partial charge < -0.3 is 10.7 Å². The maximum Gasteiger partial charge on any atom is 0.126 e. The zero-order valence-electron chi connectivity index (χ0n) is 9.20. The minimum atomic E-state index is -0.196. The number of aromatic nitrogens is 2. The normalized spacial score (nSPS) is 31.7. The van der Waals surface area contributed by atoms with E-state index in [1.807, 2.05) is 18.0 Å². The van der Waals surface area contributed by atoms with Crippen LogP contribution in [-0.2, 0) is 5.54 Å². The zero-order valence-corrected chi connectivity index (χ0v) is 10.0. The Labute approximate surface area is 95.2 Å². The van der Waals surface area contributed by atoms with E-state index < -0.39 is 0 Å². The Bertz CT molecular complexity index is 289. The molecule has 0 radical (unpaired) electrons. The van der Waals surface area contributed by atoms with Gasteiger partial charge in [-0.25, -0.2) is 4.98 Å². The molecule has 0 saturated heterocycles. The van der Waals surface area contributed by atoms with Crippen molar-refractivity contribution in [2.24, 2.45) is 11.7 Å². The van der Waals surface area contributed by atoms with E-state index >= 15 is 0 Å². The fourth-order valence-electron chi connectivity index (χ4n) is 2.37. The van der Waals surface area contributed by atoms with E-state index in [0.717, 1.165) is 24.6 Å². The highest BCUT2D eigenvalue weighted by atomic mass is 32.2. The first kappa shape index (κ1) is 11.0. The molecule has 3 N–H and O–H groups in total. The van der Waals surface area contributed by atoms with Gasteiger partial charge in [0.05, 0.1) is 5.54 Å². The first-order valence-electron chi connectivity index (χ1n) is 5.52. The summed E-state index contributed by atoms with van der Waals surface area (Å²) >= 11 is 1.94. The molecule has 0 aliphatic heterocycles. The summed E-state index contributed by atoms with van der Waals surface area (Å²) in [6.07, 6.45) is 10.4. The summed E-state index contributed by atoms with van der Waals surface area (Å²) in [5.41, 5.74) is 6.19. The van der Waals surface area contributed by atoms with Crippen LogP contribution >= 0.6 is 11.8 Å². The zero-order chi connectivity index (χ0) is 10.7. The summed E-state index contributed by atoms with van der Waals surface area (Å²) in [6, 6.07) is 0. The molecule has 1 heterocycles. The van der Waals surface area contributed by atoms with Crippen LogP contribution in [-0.4, -0.2) is 22.0 Å². The molecular formula is C11H19N3S. The number of aromatic amines is 1. The smallest absolute Gasteiger partial charge is 0.126 e. The Morgan fingerprint density at radius 3 is 2.87 bits per heavy atom. The highest BCUT2D eigenvalue weighted by Crippen LogP contribution is 2.36. The number of imidazole rings is 1. The number of hydrogen-bond donors (Lipinski definition) is 2. The lowest BCUT2D eigenvalue weighted by Crippen LogP contribution is -2.41. The molecule has 2 rings (SSSR count). The van der Waals surface area contributed by atoms with Crippen LogP contribution in [0.1, 0.15) is 31.5 Å². The van der Waals surface area contributed by atoms with E-state index in [2.05, 4.69) is 16.2 Å². The van der Waals surface area contributed by atoms with Crippen LogP contribution in [0.25, 0.3) is 0 Å². The van der Waals surface area contributed by atoms with Gasteiger partial charge in [-0.3, -0.25) is 0 Å². The molecule has 3 nitrogen and oxygen atoms in total. The van der Waals surface area contributed by atoms with Gasteiger partial charge in [0.2, 0.25) is 0 Å². The second-order valence-electron chi connectivity index (χ2n) is 4.49. The van der Waals surface area contributed by atoms with Gasteiger partial charge in [0.15, 0.2) is 0 Å². The molecule has 0 bridgehead atoms. The van der Waals surface area contributed by atoms with Crippen molar-refractivity contribution in [3.63, 3.8) is 0 Å². The van der Waals surface area contributed by atoms with E-state index in [9.17, 15) is 0 Å². The number of nitrogens with two attached hydrogens (primary N) is 1. The Balaban J connectivity index is 1.97. The highest BCUT2D eigenvalue weighted by molar-refractivity contribution is 7.98. The highest BCUT2D eigenvalue weighted by Gasteiger charge is 2.34. The second-order valence-corrected chi connectivity index (χ2v) is 5.40. The summed E-state index contributed by atoms with van der Waals surface area (Å²) in [5, 5.41) is 0. The van der Waals surface area contributed by atoms with Gasteiger partial charge in [0.25, 0.3) is 0 Å². The third kappa shape index (κ3) is 2.37. The van der Waals surface area contributed by atoms with Crippen molar-refractivity contribution in [3.8, 4) is 0 Å². The molecule has 1 aliphatic rings. The lowest BCUT2D eigenvalue weighted by molar-refractivity contribution is 0.241. The molecule has 0 amide bonds. The summed E-state index contributed by atoms with van der Waals surface area (Å²) in [5.74, 6) is 3.09. The average molecular weight is 225 g/mol. The van der Waals surface area contributed by atoms with Crippen molar-refractivity contribution in [1.82, 2.24) is 9.97 Å². The monoisotopic (exact) mass is 225 g/mol. The Morgan fingerprint density at radius 1 is 1.60 bits per heavy atom. The third-order valence-electron chi connectivity index (χ3n) is 3.37. The van der Waals surface area contributed by atoms with E-state index in [-0.39, 0.29) is 5.54 Å². The summed E-state index contributed by atoms with van der Waals surface area (Å²) < 4.78 is 0. The van der Waals surface area contributed by atoms with Gasteiger partial charge in [-0.15, -0.1) is 0 Å². The molecule has 1 saturated carbocycles. The number of hydrogen-bond acceptors (Lipinski definition) is 3. The van der Waals surface area contributed by atoms with Crippen LogP contribution in [0.15, 0.2) is 12.4 Å². The van der Waals surface area contributed by atoms with Crippen molar-refractivity contribution >= 4 is 11.8 Å². The van der Waals surface area contributed by atoms with Crippen molar-refractivity contribution in [2.75, 3.05) is 12.0 Å². The number of nitrogens with one attached hydrogen (secondary N) is 1. The Hall–Kier alpha value is -0.480. The van der Waals surface area contributed by atoms with E-state index in [0.29, 0.717) is 0 Å². The standard InChI is InChI=1S/C11H19N3S/c1-15-8-9-2-4-11(12,5-3-9)10-13-6-7-14-10/h6-7,9H,2-5,8,12H2,1H3,(H,13,14). The van der Waals surface area contributed by atoms with Crippen LogP contribution in [0.3, 0.4) is 0 Å². The maximum atomic E-state index is 6.38. The molecule has 84 valence electrons. The molecular weight excluding hydrogens is 206 g/mol. The van der Waals surface area contributed by atoms with Crippen LogP contribution in [0, 0.1) is 5.92 Å². The topological polar surface area (TPSA) is 54.7 Å². The van der Waals surface area contributed by atoms with Crippen LogP contribution in [0.4, 0.5) is 0 Å². The molecule has 1 aliphatic carbocycles. The summed E-state index contributed by atoms with van der Waals surface area (Å²) in [4.78, 5) is 7.45. The van der Waals surface area contributed by atoms with Crippen molar-refractivity contribution < 1.29 is 0 Å². The second kappa shape index (κ2) is 4.58. The minimum Gasteiger partial charge on any atom is -0.347 e. The molecule has 0 unspecified atom stereocenters. The predicted octanol–water partition coefficient (Wildman–Crippen LogP) is 2.12. The molecule has 0 aromatic carbocycles. The van der Waals surface area contributed by atoms with E-state index in [4.69, 9.17) is 5.73 Å². The van der Waals surface area contributed by atoms with Gasteiger partial charge in [-0.2, -0.15) is 11.8 Å². The van der Waals surface area contributed by atoms with Crippen LogP contribution in [0.5, 0.6) is 0 Å². The largest absolute Gasteiger partial charge is 0.347 e. The molecule has 0 spiro atoms. The number of nitrogens with zero attached hydrogens (tertiary/aromatic N) is 1. The van der Waals surface area contributed by atoms with Crippen LogP contribution < -0.4 is 5.73 Å². The molecule has 15 heavy (non-hydrogen) atoms. The SMILES string of the molecule is CSCC1CCC(N)(c2ncc[nH]2)CC1. The lowest BCUT2D eigenvalue weighted by atomic mass is 9.77. The molecule has 1 aromatic rings. The van der Waals surface area contributed by atoms with E-state index in [1.54, 1.807) is 6.20 Å². The molecule has 0 atom stereocenters. The van der Waals surface area contributed by atoms with Crippen molar-refractivity contribution in [2.45, 2.75) is 31.2 Å². The average Bonchev–Trinajstić information content (AvgIpc) is 2.76. The summed E-state index contributed by atoms with van der Waals surface area (Å²) in [6.45, 7) is 0. The first-order chi connectivity index (χ1) is 7.24. The molecule has 1 aromatic heterocycles. The number of H-pyrrole nitrogens is 1. The number of thioether (sulfide) groups is 1. The Morgan fingerprint density at radius 2 is 2.33 bits per heavy atom. The fraction of sp³-hybridized carbons (Fsp3) is 0.727. The van der Waals surface area contributed by atoms with Gasteiger partial charge >= 0.3 is 0 Å². The van der Waals surface area contributed by atoms with Crippen molar-refractivity contribution in [1.29, 1.82) is 0 Å². The fourth-order valence-corrected chi connectivity index (χ4v) is 3.17. The Kier molecular flexibility index (Phi) is 3.36. The van der Waals surface area contributed by atoms with Gasteiger partial charge in [-0.1, -0.05) is 0 Å². The summed E-state index contributed by atoms with van der Waals surface area (Å²) in [7, 11) is 0. The minimum absolute atomic E-state index is 0.196. The third-order valence-corrected chi connectivity index (χ3v) is 4.17. The molecule has 4 heteroatoms. The number of rotatable bonds is 3. The quantitative estimate of drug-likeness (QED) is 0.828. The lowest BCUT2D eigenvalue weighted by Gasteiger charge is -2.35. The van der Waals surface area contributed by atoms with Gasteiger partial charge in [0.1, 0.15) is 5.82 Å². The maximum absolute atomic E-state index is 6.38.